The molecular formula is C14H22N2O. The molecule has 3 heteroatoms. The van der Waals surface area contributed by atoms with Crippen LogP contribution < -0.4 is 10.6 Å². The number of carbonyl (C=O) groups excluding carboxylic acids is 1. The van der Waals surface area contributed by atoms with Crippen molar-refractivity contribution < 1.29 is 4.79 Å². The first-order valence-corrected chi connectivity index (χ1v) is 6.29. The molecule has 0 aliphatic carbocycles. The molecule has 0 spiro atoms. The number of urea groups is 1. The average molecular weight is 234 g/mol. The maximum Gasteiger partial charge on any atom is 0.314 e. The molecule has 0 aromatic heterocycles. The molecule has 0 heterocycles. The van der Waals surface area contributed by atoms with Crippen molar-refractivity contribution in [3.63, 3.8) is 0 Å². The summed E-state index contributed by atoms with van der Waals surface area (Å²) < 4.78 is 0. The molecular weight excluding hydrogens is 212 g/mol. The Bertz CT molecular complexity index is 333. The van der Waals surface area contributed by atoms with Gasteiger partial charge in [-0.2, -0.15) is 0 Å². The standard InChI is InChI=1S/C14H22N2O/c1-3-10-15-14(17)16-11-4-5-13-8-6-12(2)7-9-13/h6-9H,3-5,10-11H2,1-2H3,(H2,15,16,17). The average Bonchev–Trinajstić information content (AvgIpc) is 2.34. The lowest BCUT2D eigenvalue weighted by Crippen LogP contribution is -2.36. The third-order valence-corrected chi connectivity index (χ3v) is 2.58. The Morgan fingerprint density at radius 2 is 1.76 bits per heavy atom. The van der Waals surface area contributed by atoms with Gasteiger partial charge in [-0.15, -0.1) is 0 Å². The fourth-order valence-electron chi connectivity index (χ4n) is 1.55. The maximum atomic E-state index is 11.2. The predicted octanol–water partition coefficient (Wildman–Crippen LogP) is 2.64. The lowest BCUT2D eigenvalue weighted by Gasteiger charge is -2.06. The van der Waals surface area contributed by atoms with Gasteiger partial charge in [-0.3, -0.25) is 0 Å². The second kappa shape index (κ2) is 7.71. The summed E-state index contributed by atoms with van der Waals surface area (Å²) in [5, 5.41) is 5.64. The van der Waals surface area contributed by atoms with E-state index in [1.54, 1.807) is 0 Å². The van der Waals surface area contributed by atoms with Crippen LogP contribution in [0.15, 0.2) is 24.3 Å². The second-order valence-electron chi connectivity index (χ2n) is 4.27. The number of hydrogen-bond donors (Lipinski definition) is 2. The summed E-state index contributed by atoms with van der Waals surface area (Å²) in [5.41, 5.74) is 2.61. The van der Waals surface area contributed by atoms with E-state index < -0.39 is 0 Å². The topological polar surface area (TPSA) is 41.1 Å². The zero-order valence-corrected chi connectivity index (χ0v) is 10.8. The predicted molar refractivity (Wildman–Crippen MR) is 71.2 cm³/mol. The molecule has 17 heavy (non-hydrogen) atoms. The van der Waals surface area contributed by atoms with E-state index in [1.807, 2.05) is 6.92 Å². The van der Waals surface area contributed by atoms with Crippen LogP contribution in [0.2, 0.25) is 0 Å². The SMILES string of the molecule is CCCNC(=O)NCCCc1ccc(C)cc1. The minimum Gasteiger partial charge on any atom is -0.338 e. The molecule has 2 N–H and O–H groups in total. The van der Waals surface area contributed by atoms with Gasteiger partial charge < -0.3 is 10.6 Å². The Hall–Kier alpha value is -1.51. The molecule has 3 nitrogen and oxygen atoms in total. The summed E-state index contributed by atoms with van der Waals surface area (Å²) in [5.74, 6) is 0. The van der Waals surface area contributed by atoms with Crippen molar-refractivity contribution in [3.05, 3.63) is 35.4 Å². The molecule has 2 amide bonds. The zero-order chi connectivity index (χ0) is 12.5. The summed E-state index contributed by atoms with van der Waals surface area (Å²) in [6.45, 7) is 5.59. The van der Waals surface area contributed by atoms with Gasteiger partial charge in [-0.25, -0.2) is 4.79 Å². The van der Waals surface area contributed by atoms with Gasteiger partial charge in [-0.05, 0) is 31.7 Å². The number of nitrogens with one attached hydrogen (secondary N) is 2. The van der Waals surface area contributed by atoms with E-state index in [2.05, 4.69) is 41.8 Å². The van der Waals surface area contributed by atoms with Crippen LogP contribution >= 0.6 is 0 Å². The molecule has 1 aromatic carbocycles. The molecule has 0 saturated heterocycles. The van der Waals surface area contributed by atoms with Gasteiger partial charge in [0.15, 0.2) is 0 Å². The highest BCUT2D eigenvalue weighted by Crippen LogP contribution is 2.05. The molecule has 94 valence electrons. The van der Waals surface area contributed by atoms with Crippen LogP contribution in [0.1, 0.15) is 30.9 Å². The Kier molecular flexibility index (Phi) is 6.15. The van der Waals surface area contributed by atoms with Gasteiger partial charge in [0.25, 0.3) is 0 Å². The second-order valence-corrected chi connectivity index (χ2v) is 4.27. The Morgan fingerprint density at radius 1 is 1.12 bits per heavy atom. The Morgan fingerprint density at radius 3 is 2.41 bits per heavy atom. The number of carbonyl (C=O) groups is 1. The number of rotatable bonds is 6. The highest BCUT2D eigenvalue weighted by Gasteiger charge is 1.97. The molecule has 1 rings (SSSR count). The number of amides is 2. The smallest absolute Gasteiger partial charge is 0.314 e. The molecule has 0 aliphatic rings. The lowest BCUT2D eigenvalue weighted by molar-refractivity contribution is 0.241. The first-order chi connectivity index (χ1) is 8.22. The zero-order valence-electron chi connectivity index (χ0n) is 10.8. The van der Waals surface area contributed by atoms with Gasteiger partial charge in [-0.1, -0.05) is 36.8 Å². The third kappa shape index (κ3) is 5.95. The van der Waals surface area contributed by atoms with Gasteiger partial charge in [0.1, 0.15) is 0 Å². The van der Waals surface area contributed by atoms with E-state index in [9.17, 15) is 4.79 Å². The van der Waals surface area contributed by atoms with Crippen LogP contribution in [0.3, 0.4) is 0 Å². The lowest BCUT2D eigenvalue weighted by atomic mass is 10.1. The molecule has 0 unspecified atom stereocenters. The van der Waals surface area contributed by atoms with Crippen molar-refractivity contribution in [1.29, 1.82) is 0 Å². The largest absolute Gasteiger partial charge is 0.338 e. The van der Waals surface area contributed by atoms with Gasteiger partial charge >= 0.3 is 6.03 Å². The van der Waals surface area contributed by atoms with Gasteiger partial charge in [0.05, 0.1) is 0 Å². The first kappa shape index (κ1) is 13.6. The van der Waals surface area contributed by atoms with Crippen molar-refractivity contribution in [2.75, 3.05) is 13.1 Å². The molecule has 0 fully saturated rings. The van der Waals surface area contributed by atoms with E-state index in [0.717, 1.165) is 32.4 Å². The Balaban J connectivity index is 2.11. The van der Waals surface area contributed by atoms with Crippen molar-refractivity contribution in [3.8, 4) is 0 Å². The highest BCUT2D eigenvalue weighted by molar-refractivity contribution is 5.73. The maximum absolute atomic E-state index is 11.2. The van der Waals surface area contributed by atoms with Gasteiger partial charge in [0.2, 0.25) is 0 Å². The Labute approximate surface area is 104 Å². The van der Waals surface area contributed by atoms with E-state index >= 15 is 0 Å². The van der Waals surface area contributed by atoms with Crippen molar-refractivity contribution in [2.24, 2.45) is 0 Å². The van der Waals surface area contributed by atoms with E-state index in [4.69, 9.17) is 0 Å². The summed E-state index contributed by atoms with van der Waals surface area (Å²) in [7, 11) is 0. The number of aryl methyl sites for hydroxylation is 2. The van der Waals surface area contributed by atoms with Crippen molar-refractivity contribution in [1.82, 2.24) is 10.6 Å². The van der Waals surface area contributed by atoms with Crippen molar-refractivity contribution >= 4 is 6.03 Å². The normalized spacial score (nSPS) is 10.0. The first-order valence-electron chi connectivity index (χ1n) is 6.29. The van der Waals surface area contributed by atoms with E-state index in [-0.39, 0.29) is 6.03 Å². The summed E-state index contributed by atoms with van der Waals surface area (Å²) in [6.07, 6.45) is 2.95. The number of hydrogen-bond acceptors (Lipinski definition) is 1. The molecule has 0 saturated carbocycles. The molecule has 0 atom stereocenters. The molecule has 0 radical (unpaired) electrons. The minimum absolute atomic E-state index is 0.0595. The van der Waals surface area contributed by atoms with Crippen LogP contribution in [-0.2, 0) is 6.42 Å². The summed E-state index contributed by atoms with van der Waals surface area (Å²) in [6, 6.07) is 8.47. The fourth-order valence-corrected chi connectivity index (χ4v) is 1.55. The minimum atomic E-state index is -0.0595. The molecule has 0 bridgehead atoms. The van der Waals surface area contributed by atoms with E-state index in [0.29, 0.717) is 0 Å². The quantitative estimate of drug-likeness (QED) is 0.730. The molecule has 0 aliphatic heterocycles. The monoisotopic (exact) mass is 234 g/mol. The fraction of sp³-hybridized carbons (Fsp3) is 0.500. The van der Waals surface area contributed by atoms with Crippen LogP contribution in [0.25, 0.3) is 0 Å². The highest BCUT2D eigenvalue weighted by atomic mass is 16.2. The van der Waals surface area contributed by atoms with Crippen LogP contribution in [0.5, 0.6) is 0 Å². The van der Waals surface area contributed by atoms with E-state index in [1.165, 1.54) is 11.1 Å². The summed E-state index contributed by atoms with van der Waals surface area (Å²) >= 11 is 0. The van der Waals surface area contributed by atoms with Crippen LogP contribution in [0, 0.1) is 6.92 Å². The third-order valence-electron chi connectivity index (χ3n) is 2.58. The van der Waals surface area contributed by atoms with Crippen LogP contribution in [0.4, 0.5) is 4.79 Å². The van der Waals surface area contributed by atoms with Crippen molar-refractivity contribution in [2.45, 2.75) is 33.1 Å². The number of benzene rings is 1. The van der Waals surface area contributed by atoms with Gasteiger partial charge in [0, 0.05) is 13.1 Å². The van der Waals surface area contributed by atoms with Crippen LogP contribution in [-0.4, -0.2) is 19.1 Å². The molecule has 1 aromatic rings. The summed E-state index contributed by atoms with van der Waals surface area (Å²) in [4.78, 5) is 11.2.